The van der Waals surface area contributed by atoms with Crippen LogP contribution < -0.4 is 0 Å². The number of carbonyl (C=O) groups is 3. The normalized spacial score (nSPS) is 12.1. The van der Waals surface area contributed by atoms with Crippen LogP contribution in [0.15, 0.2) is 0 Å². The minimum Gasteiger partial charge on any atom is -0.462 e. The molecular weight excluding hydrogens is 697 g/mol. The van der Waals surface area contributed by atoms with Gasteiger partial charge in [-0.05, 0) is 31.1 Å². The molecule has 56 heavy (non-hydrogen) atoms. The average molecular weight is 793 g/mol. The summed E-state index contributed by atoms with van der Waals surface area (Å²) in [6.07, 6.45) is 42.5. The molecule has 0 amide bonds. The highest BCUT2D eigenvalue weighted by molar-refractivity contribution is 5.71. The van der Waals surface area contributed by atoms with Gasteiger partial charge in [-0.3, -0.25) is 14.4 Å². The Morgan fingerprint density at radius 2 is 0.589 bits per heavy atom. The maximum Gasteiger partial charge on any atom is 0.306 e. The average Bonchev–Trinajstić information content (AvgIpc) is 3.16. The Morgan fingerprint density at radius 3 is 0.875 bits per heavy atom. The van der Waals surface area contributed by atoms with Gasteiger partial charge in [0.05, 0.1) is 0 Å². The second-order valence-electron chi connectivity index (χ2n) is 18.1. The van der Waals surface area contributed by atoms with Crippen LogP contribution in [0, 0.1) is 11.8 Å². The number of rotatable bonds is 44. The van der Waals surface area contributed by atoms with Gasteiger partial charge < -0.3 is 14.2 Å². The van der Waals surface area contributed by atoms with Gasteiger partial charge in [-0.2, -0.15) is 0 Å². The van der Waals surface area contributed by atoms with Gasteiger partial charge in [-0.25, -0.2) is 0 Å². The van der Waals surface area contributed by atoms with Crippen molar-refractivity contribution in [2.45, 2.75) is 278 Å². The van der Waals surface area contributed by atoms with E-state index in [2.05, 4.69) is 34.6 Å². The highest BCUT2D eigenvalue weighted by atomic mass is 16.6. The van der Waals surface area contributed by atoms with Gasteiger partial charge in [0.25, 0.3) is 0 Å². The monoisotopic (exact) mass is 793 g/mol. The lowest BCUT2D eigenvalue weighted by molar-refractivity contribution is -0.167. The van der Waals surface area contributed by atoms with E-state index in [9.17, 15) is 14.4 Å². The van der Waals surface area contributed by atoms with Crippen LogP contribution in [0.2, 0.25) is 0 Å². The highest BCUT2D eigenvalue weighted by Gasteiger charge is 2.19. The van der Waals surface area contributed by atoms with Gasteiger partial charge in [-0.1, -0.05) is 234 Å². The molecule has 0 N–H and O–H groups in total. The zero-order valence-corrected chi connectivity index (χ0v) is 38.3. The molecule has 0 saturated heterocycles. The van der Waals surface area contributed by atoms with E-state index in [1.807, 2.05) is 0 Å². The summed E-state index contributed by atoms with van der Waals surface area (Å²) >= 11 is 0. The predicted molar refractivity (Wildman–Crippen MR) is 238 cm³/mol. The van der Waals surface area contributed by atoms with Crippen molar-refractivity contribution in [2.75, 3.05) is 13.2 Å². The predicted octanol–water partition coefficient (Wildman–Crippen LogP) is 15.8. The molecule has 0 aliphatic carbocycles. The van der Waals surface area contributed by atoms with E-state index < -0.39 is 6.10 Å². The second kappa shape index (κ2) is 43.0. The first-order chi connectivity index (χ1) is 27.2. The maximum atomic E-state index is 12.7. The molecular formula is C50H96O6. The summed E-state index contributed by atoms with van der Waals surface area (Å²) in [5, 5.41) is 0. The lowest BCUT2D eigenvalue weighted by Crippen LogP contribution is -2.30. The Hall–Kier alpha value is -1.59. The van der Waals surface area contributed by atoms with E-state index in [0.717, 1.165) is 69.6 Å². The van der Waals surface area contributed by atoms with Gasteiger partial charge in [0.2, 0.25) is 0 Å². The Kier molecular flexibility index (Phi) is 41.8. The molecule has 0 aliphatic heterocycles. The van der Waals surface area contributed by atoms with Crippen molar-refractivity contribution < 1.29 is 28.6 Å². The third-order valence-electron chi connectivity index (χ3n) is 11.2. The van der Waals surface area contributed by atoms with E-state index >= 15 is 0 Å². The Morgan fingerprint density at radius 1 is 0.339 bits per heavy atom. The first-order valence-corrected chi connectivity index (χ1v) is 24.7. The molecule has 0 aromatic heterocycles. The zero-order chi connectivity index (χ0) is 41.2. The minimum absolute atomic E-state index is 0.0651. The topological polar surface area (TPSA) is 78.9 Å². The van der Waals surface area contributed by atoms with Crippen LogP contribution in [-0.2, 0) is 28.6 Å². The van der Waals surface area contributed by atoms with Crippen LogP contribution in [-0.4, -0.2) is 37.2 Å². The number of carbonyl (C=O) groups excluding carboxylic acids is 3. The van der Waals surface area contributed by atoms with Gasteiger partial charge in [0.1, 0.15) is 13.2 Å². The number of hydrogen-bond donors (Lipinski definition) is 0. The van der Waals surface area contributed by atoms with Crippen LogP contribution in [0.4, 0.5) is 0 Å². The summed E-state index contributed by atoms with van der Waals surface area (Å²) in [6, 6.07) is 0. The SMILES string of the molecule is CCCCCCCCCCCCC(=O)OC[C@@H](COC(=O)CCCCCCCCCCCCCCCCCCC(C)C)OC(=O)CCCCCCCCC(C)C. The lowest BCUT2D eigenvalue weighted by Gasteiger charge is -2.18. The van der Waals surface area contributed by atoms with Crippen molar-refractivity contribution in [3.8, 4) is 0 Å². The van der Waals surface area contributed by atoms with Crippen molar-refractivity contribution in [1.29, 1.82) is 0 Å². The fourth-order valence-corrected chi connectivity index (χ4v) is 7.46. The van der Waals surface area contributed by atoms with Crippen molar-refractivity contribution in [3.63, 3.8) is 0 Å². The molecule has 1 atom stereocenters. The van der Waals surface area contributed by atoms with E-state index in [1.165, 1.54) is 161 Å². The molecule has 6 nitrogen and oxygen atoms in total. The molecule has 0 radical (unpaired) electrons. The molecule has 0 unspecified atom stereocenters. The van der Waals surface area contributed by atoms with Crippen molar-refractivity contribution in [3.05, 3.63) is 0 Å². The molecule has 0 aromatic rings. The fourth-order valence-electron chi connectivity index (χ4n) is 7.46. The van der Waals surface area contributed by atoms with Crippen LogP contribution in [0.5, 0.6) is 0 Å². The summed E-state index contributed by atoms with van der Waals surface area (Å²) < 4.78 is 16.7. The molecule has 0 bridgehead atoms. The van der Waals surface area contributed by atoms with Gasteiger partial charge in [0, 0.05) is 19.3 Å². The summed E-state index contributed by atoms with van der Waals surface area (Å²) in [4.78, 5) is 37.7. The van der Waals surface area contributed by atoms with Gasteiger partial charge in [0.15, 0.2) is 6.10 Å². The molecule has 0 spiro atoms. The smallest absolute Gasteiger partial charge is 0.306 e. The largest absolute Gasteiger partial charge is 0.462 e. The second-order valence-corrected chi connectivity index (χ2v) is 18.1. The number of unbranched alkanes of at least 4 members (excludes halogenated alkanes) is 29. The molecule has 332 valence electrons. The standard InChI is InChI=1S/C50H96O6/c1-6-7-8-9-10-11-21-24-30-35-40-48(51)54-43-47(56-50(53)42-37-32-27-26-29-34-39-46(4)5)44-55-49(52)41-36-31-25-22-19-17-15-13-12-14-16-18-20-23-28-33-38-45(2)3/h45-47H,6-44H2,1-5H3/t47-/m0/s1. The Balaban J connectivity index is 4.19. The molecule has 0 fully saturated rings. The fraction of sp³-hybridized carbons (Fsp3) is 0.940. The summed E-state index contributed by atoms with van der Waals surface area (Å²) in [7, 11) is 0. The highest BCUT2D eigenvalue weighted by Crippen LogP contribution is 2.17. The third-order valence-corrected chi connectivity index (χ3v) is 11.2. The van der Waals surface area contributed by atoms with Crippen molar-refractivity contribution >= 4 is 17.9 Å². The molecule has 0 aromatic carbocycles. The molecule has 0 heterocycles. The van der Waals surface area contributed by atoms with E-state index in [0.29, 0.717) is 19.3 Å². The molecule has 0 rings (SSSR count). The van der Waals surface area contributed by atoms with Gasteiger partial charge in [-0.15, -0.1) is 0 Å². The molecule has 0 saturated carbocycles. The number of ether oxygens (including phenoxy) is 3. The molecule has 0 aliphatic rings. The number of hydrogen-bond acceptors (Lipinski definition) is 6. The molecule has 6 heteroatoms. The van der Waals surface area contributed by atoms with Crippen molar-refractivity contribution in [1.82, 2.24) is 0 Å². The minimum atomic E-state index is -0.761. The van der Waals surface area contributed by atoms with Crippen LogP contribution in [0.3, 0.4) is 0 Å². The summed E-state index contributed by atoms with van der Waals surface area (Å²) in [5.74, 6) is 0.754. The maximum absolute atomic E-state index is 12.7. The van der Waals surface area contributed by atoms with Crippen LogP contribution >= 0.6 is 0 Å². The van der Waals surface area contributed by atoms with Crippen molar-refractivity contribution in [2.24, 2.45) is 11.8 Å². The van der Waals surface area contributed by atoms with Crippen LogP contribution in [0.25, 0.3) is 0 Å². The summed E-state index contributed by atoms with van der Waals surface area (Å²) in [5.41, 5.74) is 0. The third kappa shape index (κ3) is 43.5. The lowest BCUT2D eigenvalue weighted by atomic mass is 10.0. The van der Waals surface area contributed by atoms with Gasteiger partial charge >= 0.3 is 17.9 Å². The zero-order valence-electron chi connectivity index (χ0n) is 38.3. The first-order valence-electron chi connectivity index (χ1n) is 24.7. The van der Waals surface area contributed by atoms with E-state index in [-0.39, 0.29) is 31.1 Å². The Bertz CT molecular complexity index is 854. The summed E-state index contributed by atoms with van der Waals surface area (Å²) in [6.45, 7) is 11.3. The van der Waals surface area contributed by atoms with E-state index in [4.69, 9.17) is 14.2 Å². The van der Waals surface area contributed by atoms with E-state index in [1.54, 1.807) is 0 Å². The Labute approximate surface area is 348 Å². The van der Waals surface area contributed by atoms with Crippen LogP contribution in [0.1, 0.15) is 272 Å². The number of esters is 3. The first kappa shape index (κ1) is 54.4. The quantitative estimate of drug-likeness (QED) is 0.0347.